The van der Waals surface area contributed by atoms with Gasteiger partial charge in [0.2, 0.25) is 0 Å². The van der Waals surface area contributed by atoms with Gasteiger partial charge >= 0.3 is 0 Å². The number of hydrogen-bond donors (Lipinski definition) is 2. The Kier molecular flexibility index (Phi) is 2.68. The fraction of sp³-hybridized carbons (Fsp3) is 0.867. The van der Waals surface area contributed by atoms with Crippen LogP contribution in [-0.4, -0.2) is 34.6 Å². The number of aliphatic hydroxyl groups is 2. The highest BCUT2D eigenvalue weighted by molar-refractivity contribution is 5.17. The number of fused-ring (bicyclic) bond motifs is 2. The Labute approximate surface area is 109 Å². The Morgan fingerprint density at radius 1 is 1.50 bits per heavy atom. The van der Waals surface area contributed by atoms with Crippen LogP contribution < -0.4 is 0 Å². The molecule has 1 aliphatic heterocycles. The maximum absolute atomic E-state index is 10.4. The van der Waals surface area contributed by atoms with E-state index in [1.165, 1.54) is 12.0 Å². The molecule has 0 spiro atoms. The molecule has 0 bridgehead atoms. The molecule has 0 aromatic heterocycles. The van der Waals surface area contributed by atoms with Gasteiger partial charge in [0.25, 0.3) is 0 Å². The summed E-state index contributed by atoms with van der Waals surface area (Å²) in [5, 5.41) is 19.9. The number of ether oxygens (including phenoxy) is 1. The van der Waals surface area contributed by atoms with Crippen LogP contribution in [0.1, 0.15) is 39.5 Å². The molecule has 102 valence electrons. The molecule has 0 amide bonds. The van der Waals surface area contributed by atoms with Gasteiger partial charge in [-0.15, -0.1) is 0 Å². The lowest BCUT2D eigenvalue weighted by molar-refractivity contribution is -0.00317. The van der Waals surface area contributed by atoms with Crippen molar-refractivity contribution in [3.63, 3.8) is 0 Å². The maximum Gasteiger partial charge on any atom is 0.143 e. The summed E-state index contributed by atoms with van der Waals surface area (Å²) in [6.07, 6.45) is 3.57. The highest BCUT2D eigenvalue weighted by Gasteiger charge is 2.66. The number of aliphatic hydroxyl groups excluding tert-OH is 2. The maximum atomic E-state index is 10.4. The van der Waals surface area contributed by atoms with Crippen molar-refractivity contribution in [3.8, 4) is 0 Å². The van der Waals surface area contributed by atoms with Gasteiger partial charge in [-0.25, -0.2) is 0 Å². The van der Waals surface area contributed by atoms with E-state index in [0.29, 0.717) is 11.8 Å². The molecule has 0 radical (unpaired) electrons. The fourth-order valence-electron chi connectivity index (χ4n) is 4.51. The third-order valence-corrected chi connectivity index (χ3v) is 5.83. The van der Waals surface area contributed by atoms with E-state index >= 15 is 0 Å². The lowest BCUT2D eigenvalue weighted by Gasteiger charge is -2.34. The molecular formula is C15H24O3. The minimum Gasteiger partial charge on any atom is -0.393 e. The smallest absolute Gasteiger partial charge is 0.143 e. The van der Waals surface area contributed by atoms with Gasteiger partial charge < -0.3 is 14.9 Å². The van der Waals surface area contributed by atoms with Crippen LogP contribution in [0.5, 0.6) is 0 Å². The van der Waals surface area contributed by atoms with Crippen molar-refractivity contribution >= 4 is 0 Å². The molecular weight excluding hydrogens is 228 g/mol. The zero-order valence-corrected chi connectivity index (χ0v) is 11.4. The Hall–Kier alpha value is -0.380. The van der Waals surface area contributed by atoms with Crippen molar-refractivity contribution < 1.29 is 14.9 Å². The van der Waals surface area contributed by atoms with Crippen molar-refractivity contribution in [3.05, 3.63) is 12.2 Å². The van der Waals surface area contributed by atoms with Gasteiger partial charge in [0.15, 0.2) is 0 Å². The Morgan fingerprint density at radius 2 is 2.22 bits per heavy atom. The van der Waals surface area contributed by atoms with Crippen molar-refractivity contribution in [2.45, 2.75) is 57.3 Å². The number of allylic oxidation sites excluding steroid dienone is 1. The van der Waals surface area contributed by atoms with Gasteiger partial charge in [0.05, 0.1) is 18.8 Å². The van der Waals surface area contributed by atoms with Crippen LogP contribution >= 0.6 is 0 Å². The summed E-state index contributed by atoms with van der Waals surface area (Å²) in [7, 11) is 0. The quantitative estimate of drug-likeness (QED) is 0.583. The fourth-order valence-corrected chi connectivity index (χ4v) is 4.51. The average Bonchev–Trinajstić information content (AvgIpc) is 2.94. The molecule has 0 aromatic carbocycles. The second kappa shape index (κ2) is 3.81. The standard InChI is InChI=1S/C15H24O3/c1-9(2)10-4-5-14(3)7-12(17)15(8-16)13(18-15)6-11(10)14/h10-13,16-17H,1,4-8H2,2-3H3/t10-,11+,12+,13+,14-,15-/m1/s1. The van der Waals surface area contributed by atoms with Gasteiger partial charge in [-0.05, 0) is 49.9 Å². The van der Waals surface area contributed by atoms with E-state index in [2.05, 4.69) is 20.4 Å². The summed E-state index contributed by atoms with van der Waals surface area (Å²) < 4.78 is 5.66. The molecule has 3 heteroatoms. The first kappa shape index (κ1) is 12.6. The topological polar surface area (TPSA) is 53.0 Å². The van der Waals surface area contributed by atoms with Crippen LogP contribution in [0.2, 0.25) is 0 Å². The van der Waals surface area contributed by atoms with E-state index in [1.54, 1.807) is 0 Å². The minimum atomic E-state index is -0.646. The van der Waals surface area contributed by atoms with E-state index in [4.69, 9.17) is 4.74 Å². The molecule has 2 N–H and O–H groups in total. The molecule has 18 heavy (non-hydrogen) atoms. The number of epoxide rings is 1. The third-order valence-electron chi connectivity index (χ3n) is 5.83. The molecule has 1 heterocycles. The highest BCUT2D eigenvalue weighted by atomic mass is 16.6. The molecule has 2 saturated carbocycles. The molecule has 3 aliphatic rings. The van der Waals surface area contributed by atoms with Crippen LogP contribution in [0.3, 0.4) is 0 Å². The Balaban J connectivity index is 1.89. The molecule has 3 rings (SSSR count). The second-order valence-corrected chi connectivity index (χ2v) is 6.93. The van der Waals surface area contributed by atoms with E-state index in [-0.39, 0.29) is 18.1 Å². The van der Waals surface area contributed by atoms with Crippen LogP contribution in [0.15, 0.2) is 12.2 Å². The van der Waals surface area contributed by atoms with Gasteiger partial charge in [-0.2, -0.15) is 0 Å². The van der Waals surface area contributed by atoms with Crippen molar-refractivity contribution in [1.82, 2.24) is 0 Å². The lowest BCUT2D eigenvalue weighted by atomic mass is 9.72. The van der Waals surface area contributed by atoms with Gasteiger partial charge in [-0.1, -0.05) is 19.1 Å². The minimum absolute atomic E-state index is 0.0456. The largest absolute Gasteiger partial charge is 0.393 e. The highest BCUT2D eigenvalue weighted by Crippen LogP contribution is 2.61. The molecule has 3 nitrogen and oxygen atoms in total. The average molecular weight is 252 g/mol. The lowest BCUT2D eigenvalue weighted by Crippen LogP contribution is -2.37. The number of rotatable bonds is 2. The SMILES string of the molecule is C=C(C)[C@H]1CC[C@]2(C)C[C@H](O)[C@@]3(CO)O[C@H]3C[C@@H]12. The molecule has 2 aliphatic carbocycles. The summed E-state index contributed by atoms with van der Waals surface area (Å²) in [6.45, 7) is 8.48. The van der Waals surface area contributed by atoms with E-state index in [1.807, 2.05) is 0 Å². The van der Waals surface area contributed by atoms with Gasteiger partial charge in [0, 0.05) is 0 Å². The summed E-state index contributed by atoms with van der Waals surface area (Å²) in [5.41, 5.74) is 0.796. The van der Waals surface area contributed by atoms with Crippen molar-refractivity contribution in [1.29, 1.82) is 0 Å². The third kappa shape index (κ3) is 1.54. The monoisotopic (exact) mass is 252 g/mol. The summed E-state index contributed by atoms with van der Waals surface area (Å²) in [6, 6.07) is 0. The summed E-state index contributed by atoms with van der Waals surface area (Å²) >= 11 is 0. The Bertz CT molecular complexity index is 380. The van der Waals surface area contributed by atoms with E-state index in [9.17, 15) is 10.2 Å². The number of hydrogen-bond acceptors (Lipinski definition) is 3. The predicted molar refractivity (Wildman–Crippen MR) is 69.1 cm³/mol. The zero-order chi connectivity index (χ0) is 13.1. The summed E-state index contributed by atoms with van der Waals surface area (Å²) in [4.78, 5) is 0. The van der Waals surface area contributed by atoms with Crippen LogP contribution in [0, 0.1) is 17.3 Å². The molecule has 0 aromatic rings. The van der Waals surface area contributed by atoms with Gasteiger partial charge in [0.1, 0.15) is 5.60 Å². The first-order valence-corrected chi connectivity index (χ1v) is 7.05. The molecule has 6 atom stereocenters. The molecule has 3 fully saturated rings. The van der Waals surface area contributed by atoms with Crippen LogP contribution in [0.25, 0.3) is 0 Å². The first-order valence-electron chi connectivity index (χ1n) is 7.05. The van der Waals surface area contributed by atoms with Crippen LogP contribution in [0.4, 0.5) is 0 Å². The van der Waals surface area contributed by atoms with Crippen LogP contribution in [-0.2, 0) is 4.74 Å². The zero-order valence-electron chi connectivity index (χ0n) is 11.4. The van der Waals surface area contributed by atoms with E-state index < -0.39 is 11.7 Å². The predicted octanol–water partition coefficient (Wildman–Crippen LogP) is 1.88. The second-order valence-electron chi connectivity index (χ2n) is 6.93. The molecule has 1 saturated heterocycles. The van der Waals surface area contributed by atoms with Gasteiger partial charge in [-0.3, -0.25) is 0 Å². The summed E-state index contributed by atoms with van der Waals surface area (Å²) in [5.74, 6) is 1.10. The van der Waals surface area contributed by atoms with Crippen molar-refractivity contribution in [2.24, 2.45) is 17.3 Å². The van der Waals surface area contributed by atoms with Crippen molar-refractivity contribution in [2.75, 3.05) is 6.61 Å². The first-order chi connectivity index (χ1) is 8.43. The molecule has 0 unspecified atom stereocenters. The normalized spacial score (nSPS) is 54.4. The van der Waals surface area contributed by atoms with E-state index in [0.717, 1.165) is 19.3 Å². The Morgan fingerprint density at radius 3 is 2.83 bits per heavy atom.